The maximum atomic E-state index is 11.4. The Morgan fingerprint density at radius 1 is 1.56 bits per heavy atom. The minimum absolute atomic E-state index is 0.181. The van der Waals surface area contributed by atoms with Crippen LogP contribution in [0.1, 0.15) is 10.5 Å². The van der Waals surface area contributed by atoms with Gasteiger partial charge in [0.2, 0.25) is 5.91 Å². The SMILES string of the molecule is NC(=O)C(O)CNC(=O)c1ncccc1O. The molecule has 0 aliphatic rings. The number of aromatic hydroxyl groups is 1. The molecule has 5 N–H and O–H groups in total. The van der Waals surface area contributed by atoms with Crippen molar-refractivity contribution in [2.24, 2.45) is 5.73 Å². The van der Waals surface area contributed by atoms with Gasteiger partial charge in [0.1, 0.15) is 11.9 Å². The van der Waals surface area contributed by atoms with E-state index in [0.717, 1.165) is 0 Å². The van der Waals surface area contributed by atoms with E-state index in [0.29, 0.717) is 0 Å². The third kappa shape index (κ3) is 2.92. The molecule has 0 bridgehead atoms. The normalized spacial score (nSPS) is 11.8. The van der Waals surface area contributed by atoms with E-state index in [-0.39, 0.29) is 18.0 Å². The quantitative estimate of drug-likeness (QED) is 0.489. The number of carbonyl (C=O) groups excluding carboxylic acids is 2. The smallest absolute Gasteiger partial charge is 0.273 e. The number of pyridine rings is 1. The number of hydrogen-bond donors (Lipinski definition) is 4. The Hall–Kier alpha value is -2.15. The number of primary amides is 1. The topological polar surface area (TPSA) is 126 Å². The van der Waals surface area contributed by atoms with Crippen molar-refractivity contribution in [1.82, 2.24) is 10.3 Å². The molecule has 0 aromatic carbocycles. The van der Waals surface area contributed by atoms with Gasteiger partial charge in [-0.3, -0.25) is 9.59 Å². The van der Waals surface area contributed by atoms with Crippen molar-refractivity contribution in [3.63, 3.8) is 0 Å². The van der Waals surface area contributed by atoms with Crippen LogP contribution in [0.25, 0.3) is 0 Å². The molecule has 2 amide bonds. The van der Waals surface area contributed by atoms with Gasteiger partial charge in [0, 0.05) is 6.20 Å². The predicted octanol–water partition coefficient (Wildman–Crippen LogP) is -1.64. The number of aromatic nitrogens is 1. The van der Waals surface area contributed by atoms with Crippen LogP contribution in [-0.2, 0) is 4.79 Å². The van der Waals surface area contributed by atoms with E-state index in [1.807, 2.05) is 0 Å². The first-order chi connectivity index (χ1) is 7.52. The van der Waals surface area contributed by atoms with Crippen LogP contribution in [0.15, 0.2) is 18.3 Å². The Bertz CT molecular complexity index is 407. The highest BCUT2D eigenvalue weighted by molar-refractivity contribution is 5.95. The number of nitrogens with zero attached hydrogens (tertiary/aromatic N) is 1. The Balaban J connectivity index is 2.60. The van der Waals surface area contributed by atoms with Crippen molar-refractivity contribution in [2.75, 3.05) is 6.54 Å². The van der Waals surface area contributed by atoms with Crippen LogP contribution in [0.4, 0.5) is 0 Å². The first-order valence-electron chi connectivity index (χ1n) is 4.42. The maximum Gasteiger partial charge on any atom is 0.273 e. The van der Waals surface area contributed by atoms with Crippen LogP contribution in [-0.4, -0.2) is 39.7 Å². The summed E-state index contributed by atoms with van der Waals surface area (Å²) in [6.45, 7) is -0.329. The number of aliphatic hydroxyl groups excluding tert-OH is 1. The Morgan fingerprint density at radius 2 is 2.25 bits per heavy atom. The molecule has 1 unspecified atom stereocenters. The molecule has 7 nitrogen and oxygen atoms in total. The fourth-order valence-corrected chi connectivity index (χ4v) is 0.945. The molecule has 1 heterocycles. The molecule has 0 aliphatic carbocycles. The fraction of sp³-hybridized carbons (Fsp3) is 0.222. The van der Waals surface area contributed by atoms with Crippen molar-refractivity contribution >= 4 is 11.8 Å². The Morgan fingerprint density at radius 3 is 2.81 bits per heavy atom. The number of nitrogens with two attached hydrogens (primary N) is 1. The van der Waals surface area contributed by atoms with E-state index in [9.17, 15) is 14.7 Å². The standard InChI is InChI=1S/C9H11N3O4/c10-8(15)6(14)4-12-9(16)7-5(13)2-1-3-11-7/h1-3,6,13-14H,4H2,(H2,10,15)(H,12,16). The van der Waals surface area contributed by atoms with Gasteiger partial charge in [0.15, 0.2) is 5.69 Å². The molecular formula is C9H11N3O4. The monoisotopic (exact) mass is 225 g/mol. The molecule has 1 rings (SSSR count). The minimum atomic E-state index is -1.46. The van der Waals surface area contributed by atoms with Crippen molar-refractivity contribution < 1.29 is 19.8 Å². The van der Waals surface area contributed by atoms with Crippen LogP contribution in [0.2, 0.25) is 0 Å². The lowest BCUT2D eigenvalue weighted by Gasteiger charge is -2.08. The average Bonchev–Trinajstić information content (AvgIpc) is 2.25. The van der Waals surface area contributed by atoms with Crippen molar-refractivity contribution in [3.05, 3.63) is 24.0 Å². The summed E-state index contributed by atoms with van der Waals surface area (Å²) in [6, 6.07) is 2.76. The van der Waals surface area contributed by atoms with Gasteiger partial charge in [-0.2, -0.15) is 0 Å². The van der Waals surface area contributed by atoms with Crippen LogP contribution in [0, 0.1) is 0 Å². The van der Waals surface area contributed by atoms with Gasteiger partial charge in [-0.1, -0.05) is 0 Å². The van der Waals surface area contributed by atoms with Gasteiger partial charge in [-0.25, -0.2) is 4.98 Å². The number of rotatable bonds is 4. The molecule has 0 fully saturated rings. The second kappa shape index (κ2) is 5.08. The second-order valence-corrected chi connectivity index (χ2v) is 3.00. The number of amides is 2. The van der Waals surface area contributed by atoms with Crippen LogP contribution in [0.3, 0.4) is 0 Å². The van der Waals surface area contributed by atoms with Crippen LogP contribution in [0.5, 0.6) is 5.75 Å². The molecule has 7 heteroatoms. The Kier molecular flexibility index (Phi) is 3.78. The molecule has 0 saturated heterocycles. The summed E-state index contributed by atoms with van der Waals surface area (Å²) < 4.78 is 0. The van der Waals surface area contributed by atoms with Gasteiger partial charge in [0.05, 0.1) is 6.54 Å². The summed E-state index contributed by atoms with van der Waals surface area (Å²) in [6.07, 6.45) is -0.131. The van der Waals surface area contributed by atoms with Gasteiger partial charge in [0.25, 0.3) is 5.91 Å². The molecule has 0 spiro atoms. The summed E-state index contributed by atoms with van der Waals surface area (Å²) in [5.74, 6) is -1.92. The molecule has 0 saturated carbocycles. The summed E-state index contributed by atoms with van der Waals surface area (Å²) in [7, 11) is 0. The number of carbonyl (C=O) groups is 2. The van der Waals surface area contributed by atoms with Gasteiger partial charge >= 0.3 is 0 Å². The van der Waals surface area contributed by atoms with E-state index in [1.54, 1.807) is 0 Å². The average molecular weight is 225 g/mol. The molecule has 1 aromatic rings. The minimum Gasteiger partial charge on any atom is -0.505 e. The molecule has 0 radical (unpaired) electrons. The third-order valence-electron chi connectivity index (χ3n) is 1.79. The molecule has 16 heavy (non-hydrogen) atoms. The largest absolute Gasteiger partial charge is 0.505 e. The van der Waals surface area contributed by atoms with Crippen LogP contribution >= 0.6 is 0 Å². The van der Waals surface area contributed by atoms with Gasteiger partial charge in [-0.05, 0) is 12.1 Å². The van der Waals surface area contributed by atoms with Crippen LogP contribution < -0.4 is 11.1 Å². The summed E-state index contributed by atoms with van der Waals surface area (Å²) >= 11 is 0. The van der Waals surface area contributed by atoms with E-state index in [1.165, 1.54) is 18.3 Å². The summed E-state index contributed by atoms with van der Waals surface area (Å²) in [5.41, 5.74) is 4.60. The first-order valence-corrected chi connectivity index (χ1v) is 4.42. The Labute approximate surface area is 90.9 Å². The van der Waals surface area contributed by atoms with E-state index < -0.39 is 17.9 Å². The van der Waals surface area contributed by atoms with E-state index >= 15 is 0 Å². The molecule has 0 aliphatic heterocycles. The second-order valence-electron chi connectivity index (χ2n) is 3.00. The first kappa shape index (κ1) is 11.9. The highest BCUT2D eigenvalue weighted by Gasteiger charge is 2.15. The van der Waals surface area contributed by atoms with E-state index in [2.05, 4.69) is 10.3 Å². The maximum absolute atomic E-state index is 11.4. The van der Waals surface area contributed by atoms with Crippen molar-refractivity contribution in [2.45, 2.75) is 6.10 Å². The van der Waals surface area contributed by atoms with Crippen molar-refractivity contribution in [1.29, 1.82) is 0 Å². The molecule has 1 atom stereocenters. The zero-order valence-electron chi connectivity index (χ0n) is 8.25. The number of hydrogen-bond acceptors (Lipinski definition) is 5. The molecule has 86 valence electrons. The van der Waals surface area contributed by atoms with Gasteiger partial charge in [-0.15, -0.1) is 0 Å². The lowest BCUT2D eigenvalue weighted by atomic mass is 10.3. The van der Waals surface area contributed by atoms with Gasteiger partial charge < -0.3 is 21.3 Å². The van der Waals surface area contributed by atoms with Crippen molar-refractivity contribution in [3.8, 4) is 5.75 Å². The lowest BCUT2D eigenvalue weighted by molar-refractivity contribution is -0.125. The zero-order valence-corrected chi connectivity index (χ0v) is 8.25. The molecule has 1 aromatic heterocycles. The lowest BCUT2D eigenvalue weighted by Crippen LogP contribution is -2.40. The number of aliphatic hydroxyl groups is 1. The molecular weight excluding hydrogens is 214 g/mol. The summed E-state index contributed by atoms with van der Waals surface area (Å²) in [4.78, 5) is 25.5. The highest BCUT2D eigenvalue weighted by Crippen LogP contribution is 2.11. The van der Waals surface area contributed by atoms with E-state index in [4.69, 9.17) is 10.8 Å². The third-order valence-corrected chi connectivity index (χ3v) is 1.79. The number of nitrogens with one attached hydrogen (secondary N) is 1. The zero-order chi connectivity index (χ0) is 12.1. The summed E-state index contributed by atoms with van der Waals surface area (Å²) in [5, 5.41) is 20.5. The fourth-order valence-electron chi connectivity index (χ4n) is 0.945. The predicted molar refractivity (Wildman–Crippen MR) is 53.4 cm³/mol. The highest BCUT2D eigenvalue weighted by atomic mass is 16.3.